The molecule has 14 heavy (non-hydrogen) atoms. The average Bonchev–Trinajstić information content (AvgIpc) is 2.50. The van der Waals surface area contributed by atoms with Crippen molar-refractivity contribution in [3.8, 4) is 0 Å². The van der Waals surface area contributed by atoms with Crippen LogP contribution in [0.1, 0.15) is 27.2 Å². The van der Waals surface area contributed by atoms with Crippen LogP contribution < -0.4 is 5.32 Å². The van der Waals surface area contributed by atoms with Gasteiger partial charge in [0.05, 0.1) is 11.6 Å². The fourth-order valence-electron chi connectivity index (χ4n) is 1.84. The lowest BCUT2D eigenvalue weighted by Gasteiger charge is -2.29. The second kappa shape index (κ2) is 4.28. The Bertz CT molecular complexity index is 216. The molecule has 0 aromatic carbocycles. The van der Waals surface area contributed by atoms with E-state index < -0.39 is 5.54 Å². The highest BCUT2D eigenvalue weighted by Gasteiger charge is 2.34. The predicted octanol–water partition coefficient (Wildman–Crippen LogP) is -0.0323. The summed E-state index contributed by atoms with van der Waals surface area (Å²) in [6.07, 6.45) is 0.366. The SMILES string of the molecule is CCNC(C)(C)C(=O)N1CCC(O)C1. The number of nitrogens with zero attached hydrogens (tertiary/aromatic N) is 1. The zero-order valence-electron chi connectivity index (χ0n) is 9.21. The highest BCUT2D eigenvalue weighted by atomic mass is 16.3. The molecule has 0 bridgehead atoms. The van der Waals surface area contributed by atoms with E-state index in [4.69, 9.17) is 0 Å². The number of hydrogen-bond donors (Lipinski definition) is 2. The molecule has 0 aliphatic carbocycles. The van der Waals surface area contributed by atoms with E-state index in [-0.39, 0.29) is 12.0 Å². The number of carbonyl (C=O) groups is 1. The number of aliphatic hydroxyl groups is 1. The quantitative estimate of drug-likeness (QED) is 0.672. The molecule has 1 heterocycles. The van der Waals surface area contributed by atoms with Crippen LogP contribution in [0.25, 0.3) is 0 Å². The van der Waals surface area contributed by atoms with Crippen LogP contribution in [-0.2, 0) is 4.79 Å². The second-order valence-electron chi connectivity index (χ2n) is 4.35. The van der Waals surface area contributed by atoms with Gasteiger partial charge in [0.15, 0.2) is 0 Å². The summed E-state index contributed by atoms with van der Waals surface area (Å²) in [6, 6.07) is 0. The van der Waals surface area contributed by atoms with Crippen LogP contribution in [0.2, 0.25) is 0 Å². The van der Waals surface area contributed by atoms with Gasteiger partial charge in [-0.15, -0.1) is 0 Å². The first-order valence-corrected chi connectivity index (χ1v) is 5.20. The van der Waals surface area contributed by atoms with E-state index >= 15 is 0 Å². The van der Waals surface area contributed by atoms with Crippen molar-refractivity contribution < 1.29 is 9.90 Å². The number of hydrogen-bond acceptors (Lipinski definition) is 3. The molecule has 0 aromatic heterocycles. The highest BCUT2D eigenvalue weighted by Crippen LogP contribution is 2.15. The van der Waals surface area contributed by atoms with Crippen LogP contribution in [0.5, 0.6) is 0 Å². The van der Waals surface area contributed by atoms with Gasteiger partial charge < -0.3 is 15.3 Å². The summed E-state index contributed by atoms with van der Waals surface area (Å²) in [6.45, 7) is 7.67. The molecule has 82 valence electrons. The van der Waals surface area contributed by atoms with Crippen molar-refractivity contribution >= 4 is 5.91 Å². The zero-order valence-corrected chi connectivity index (χ0v) is 9.21. The minimum absolute atomic E-state index is 0.0795. The lowest BCUT2D eigenvalue weighted by molar-refractivity contribution is -0.136. The summed E-state index contributed by atoms with van der Waals surface area (Å²) in [5.74, 6) is 0.0795. The van der Waals surface area contributed by atoms with E-state index in [0.29, 0.717) is 19.5 Å². The van der Waals surface area contributed by atoms with Crippen LogP contribution in [0.3, 0.4) is 0 Å². The molecule has 0 radical (unpaired) electrons. The van der Waals surface area contributed by atoms with Crippen molar-refractivity contribution in [2.24, 2.45) is 0 Å². The van der Waals surface area contributed by atoms with Gasteiger partial charge in [-0.3, -0.25) is 4.79 Å². The van der Waals surface area contributed by atoms with E-state index in [1.165, 1.54) is 0 Å². The Labute approximate surface area is 85.3 Å². The largest absolute Gasteiger partial charge is 0.391 e. The molecule has 1 fully saturated rings. The number of carbonyl (C=O) groups excluding carboxylic acids is 1. The smallest absolute Gasteiger partial charge is 0.242 e. The van der Waals surface area contributed by atoms with Gasteiger partial charge in [-0.05, 0) is 26.8 Å². The Balaban J connectivity index is 2.56. The van der Waals surface area contributed by atoms with Crippen LogP contribution in [0.15, 0.2) is 0 Å². The lowest BCUT2D eigenvalue weighted by atomic mass is 10.0. The minimum Gasteiger partial charge on any atom is -0.391 e. The summed E-state index contributed by atoms with van der Waals surface area (Å²) < 4.78 is 0. The molecule has 2 N–H and O–H groups in total. The monoisotopic (exact) mass is 200 g/mol. The molecule has 1 aliphatic heterocycles. The molecule has 1 unspecified atom stereocenters. The summed E-state index contributed by atoms with van der Waals surface area (Å²) in [5.41, 5.74) is -0.515. The van der Waals surface area contributed by atoms with Gasteiger partial charge >= 0.3 is 0 Å². The van der Waals surface area contributed by atoms with Crippen molar-refractivity contribution in [1.29, 1.82) is 0 Å². The maximum atomic E-state index is 12.0. The van der Waals surface area contributed by atoms with Gasteiger partial charge in [0.25, 0.3) is 0 Å². The van der Waals surface area contributed by atoms with Crippen molar-refractivity contribution in [2.45, 2.75) is 38.8 Å². The molecular weight excluding hydrogens is 180 g/mol. The van der Waals surface area contributed by atoms with Gasteiger partial charge in [0.1, 0.15) is 0 Å². The van der Waals surface area contributed by atoms with E-state index in [2.05, 4.69) is 5.32 Å². The number of likely N-dealkylation sites (tertiary alicyclic amines) is 1. The Morgan fingerprint density at radius 1 is 1.64 bits per heavy atom. The van der Waals surface area contributed by atoms with Gasteiger partial charge in [-0.1, -0.05) is 6.92 Å². The third kappa shape index (κ3) is 2.45. The Morgan fingerprint density at radius 2 is 2.29 bits per heavy atom. The summed E-state index contributed by atoms with van der Waals surface area (Å²) in [7, 11) is 0. The molecule has 1 atom stereocenters. The molecular formula is C10H20N2O2. The van der Waals surface area contributed by atoms with Gasteiger partial charge in [0, 0.05) is 13.1 Å². The number of amides is 1. The highest BCUT2D eigenvalue weighted by molar-refractivity contribution is 5.85. The number of rotatable bonds is 3. The number of nitrogens with one attached hydrogen (secondary N) is 1. The van der Waals surface area contributed by atoms with Crippen LogP contribution in [0.4, 0.5) is 0 Å². The average molecular weight is 200 g/mol. The van der Waals surface area contributed by atoms with Crippen LogP contribution >= 0.6 is 0 Å². The maximum absolute atomic E-state index is 12.0. The molecule has 0 aromatic rings. The molecule has 0 saturated carbocycles. The van der Waals surface area contributed by atoms with Gasteiger partial charge in [0.2, 0.25) is 5.91 Å². The molecule has 1 aliphatic rings. The number of aliphatic hydroxyl groups excluding tert-OH is 1. The topological polar surface area (TPSA) is 52.6 Å². The zero-order chi connectivity index (χ0) is 10.8. The van der Waals surface area contributed by atoms with E-state index in [1.807, 2.05) is 20.8 Å². The minimum atomic E-state index is -0.515. The Kier molecular flexibility index (Phi) is 3.50. The van der Waals surface area contributed by atoms with Crippen molar-refractivity contribution in [3.05, 3.63) is 0 Å². The van der Waals surface area contributed by atoms with Crippen LogP contribution in [-0.4, -0.2) is 47.2 Å². The summed E-state index contributed by atoms with van der Waals surface area (Å²) in [5, 5.41) is 12.5. The summed E-state index contributed by atoms with van der Waals surface area (Å²) in [4.78, 5) is 13.7. The Hall–Kier alpha value is -0.610. The van der Waals surface area contributed by atoms with Crippen LogP contribution in [0, 0.1) is 0 Å². The first-order valence-electron chi connectivity index (χ1n) is 5.20. The maximum Gasteiger partial charge on any atom is 0.242 e. The van der Waals surface area contributed by atoms with E-state index in [0.717, 1.165) is 6.54 Å². The van der Waals surface area contributed by atoms with Crippen molar-refractivity contribution in [1.82, 2.24) is 10.2 Å². The van der Waals surface area contributed by atoms with E-state index in [9.17, 15) is 9.90 Å². The third-order valence-electron chi connectivity index (χ3n) is 2.60. The molecule has 0 spiro atoms. The standard InChI is InChI=1S/C10H20N2O2/c1-4-11-10(2,3)9(14)12-6-5-8(13)7-12/h8,11,13H,4-7H2,1-3H3. The normalized spacial score (nSPS) is 22.9. The predicted molar refractivity (Wildman–Crippen MR) is 55.0 cm³/mol. The first kappa shape index (κ1) is 11.5. The number of likely N-dealkylation sites (N-methyl/N-ethyl adjacent to an activating group) is 1. The third-order valence-corrected chi connectivity index (χ3v) is 2.60. The van der Waals surface area contributed by atoms with Crippen molar-refractivity contribution in [2.75, 3.05) is 19.6 Å². The van der Waals surface area contributed by atoms with Crippen molar-refractivity contribution in [3.63, 3.8) is 0 Å². The molecule has 4 heteroatoms. The fourth-order valence-corrected chi connectivity index (χ4v) is 1.84. The first-order chi connectivity index (χ1) is 6.47. The molecule has 1 amide bonds. The second-order valence-corrected chi connectivity index (χ2v) is 4.35. The molecule has 4 nitrogen and oxygen atoms in total. The van der Waals surface area contributed by atoms with Gasteiger partial charge in [-0.2, -0.15) is 0 Å². The number of β-amino-alcohol motifs (C(OH)–C–C–N with tert-alkyl or cyclic N) is 1. The fraction of sp³-hybridized carbons (Fsp3) is 0.900. The molecule has 1 saturated heterocycles. The van der Waals surface area contributed by atoms with Gasteiger partial charge in [-0.25, -0.2) is 0 Å². The Morgan fingerprint density at radius 3 is 2.71 bits per heavy atom. The lowest BCUT2D eigenvalue weighted by Crippen LogP contribution is -2.53. The van der Waals surface area contributed by atoms with E-state index in [1.54, 1.807) is 4.90 Å². The summed E-state index contributed by atoms with van der Waals surface area (Å²) >= 11 is 0. The molecule has 1 rings (SSSR count).